The summed E-state index contributed by atoms with van der Waals surface area (Å²) in [5.74, 6) is -23.2. The smallest absolute Gasteiger partial charge is 0.328 e. The largest absolute Gasteiger partial charge is 0.508 e. The van der Waals surface area contributed by atoms with Gasteiger partial charge < -0.3 is 126 Å². The lowest BCUT2D eigenvalue weighted by molar-refractivity contribution is -0.150. The highest BCUT2D eigenvalue weighted by atomic mass is 16.4. The molecule has 4 fully saturated rings. The van der Waals surface area contributed by atoms with Crippen LogP contribution in [0.5, 0.6) is 11.5 Å². The highest BCUT2D eigenvalue weighted by molar-refractivity contribution is 6.02. The minimum Gasteiger partial charge on any atom is -0.508 e. The zero-order valence-corrected chi connectivity index (χ0v) is 65.1. The number of aliphatic carboxylic acids is 4. The molecule has 4 aliphatic rings. The molecule has 23 N–H and O–H groups in total. The molecule has 4 aliphatic heterocycles. The predicted molar refractivity (Wildman–Crippen MR) is 404 cm³/mol. The number of hydrogen-bond donors (Lipinski definition) is 20. The fourth-order valence-electron chi connectivity index (χ4n) is 14.0. The van der Waals surface area contributed by atoms with Crippen LogP contribution in [0.15, 0.2) is 48.5 Å². The van der Waals surface area contributed by atoms with Gasteiger partial charge in [-0.1, -0.05) is 38.1 Å². The minimum atomic E-state index is -2.00. The topological polar surface area (TPSA) is 694 Å². The van der Waals surface area contributed by atoms with Crippen molar-refractivity contribution in [3.8, 4) is 11.5 Å². The van der Waals surface area contributed by atoms with Crippen molar-refractivity contribution in [1.82, 2.24) is 72.8 Å². The second kappa shape index (κ2) is 44.5. The van der Waals surface area contributed by atoms with Gasteiger partial charge in [0.15, 0.2) is 6.04 Å². The van der Waals surface area contributed by atoms with E-state index in [0.717, 1.165) is 26.5 Å². The Hall–Kier alpha value is -12.6. The Morgan fingerprint density at radius 2 is 0.831 bits per heavy atom. The fourth-order valence-corrected chi connectivity index (χ4v) is 14.0. The van der Waals surface area contributed by atoms with Crippen LogP contribution in [0, 0.1) is 5.92 Å². The normalized spacial score (nSPS) is 18.8. The molecule has 0 aromatic heterocycles. The molecule has 0 radical (unpaired) electrons. The van der Waals surface area contributed by atoms with Crippen molar-refractivity contribution in [2.45, 2.75) is 221 Å². The lowest BCUT2D eigenvalue weighted by Gasteiger charge is -2.33. The number of phenols is 2. The number of carbonyl (C=O) groups is 20. The predicted octanol–water partition coefficient (Wildman–Crippen LogP) is -7.25. The number of rotatable bonds is 44. The number of phenolic OH excluding ortho intramolecular Hbond substituents is 2. The van der Waals surface area contributed by atoms with Gasteiger partial charge in [0.2, 0.25) is 94.5 Å². The monoisotopic (exact) mass is 1660 g/mol. The summed E-state index contributed by atoms with van der Waals surface area (Å²) in [7, 11) is 0. The second-order valence-corrected chi connectivity index (χ2v) is 29.6. The molecule has 2 aromatic carbocycles. The van der Waals surface area contributed by atoms with Gasteiger partial charge >= 0.3 is 23.9 Å². The standard InChI is InChI=1S/C74H103N17O27/c1-36(2)28-45(83-62(105)42(75)29-38-12-16-40(93)17-13-38)64(107)84-47(31-54(76)95)63(106)78-34-56(97)80-46(30-39-14-18-41(94)19-15-39)65(108)85-48(32-55(77)96)66(109)81-43(20-22-58(99)100)71(114)89-25-5-8-50(89)68(111)79-35-57(98)88-24-4-9-51(88)69(112)86-49(33-60(103)104)67(110)82-44(21-23-59(101)102)72(115)91-27-7-11-53(91)73(116)90-26-6-10-52(90)70(113)87-61(37(3)92)74(117)118/h12-19,36-37,42-53,61,92-94H,4-11,20-35,75H2,1-3H3,(H2,76,95)(H2,77,96)(H,78,106)(H,79,111)(H,80,97)(H,81,109)(H,82,110)(H,83,105)(H,84,107)(H,85,108)(H,86,112)(H,87,113)(H,99,100)(H,101,102)(H,103,104)(H,117,118)/t37-,42+,43+,44+,45+,46+,47+,48+,49+,50+,51+,52+,53+,61+/m1/s1. The molecule has 44 nitrogen and oxygen atoms in total. The van der Waals surface area contributed by atoms with Crippen LogP contribution in [0.1, 0.15) is 135 Å². The number of nitrogens with one attached hydrogen (secondary N) is 10. The van der Waals surface area contributed by atoms with Gasteiger partial charge in [0.1, 0.15) is 78.0 Å². The molecule has 0 aliphatic carbocycles. The van der Waals surface area contributed by atoms with Crippen LogP contribution in [0.4, 0.5) is 0 Å². The zero-order valence-electron chi connectivity index (χ0n) is 65.1. The van der Waals surface area contributed by atoms with Crippen molar-refractivity contribution in [3.05, 3.63) is 59.7 Å². The summed E-state index contributed by atoms with van der Waals surface area (Å²) in [6.45, 7) is 2.37. The quantitative estimate of drug-likeness (QED) is 0.0293. The van der Waals surface area contributed by atoms with Crippen molar-refractivity contribution in [2.24, 2.45) is 23.1 Å². The van der Waals surface area contributed by atoms with E-state index >= 15 is 0 Å². The summed E-state index contributed by atoms with van der Waals surface area (Å²) in [5.41, 5.74) is 18.0. The molecule has 16 amide bonds. The molecule has 0 bridgehead atoms. The molecule has 4 saturated heterocycles. The van der Waals surface area contributed by atoms with Crippen molar-refractivity contribution >= 4 is 118 Å². The van der Waals surface area contributed by atoms with Crippen LogP contribution in [-0.2, 0) is 109 Å². The van der Waals surface area contributed by atoms with Crippen LogP contribution in [-0.4, -0.2) is 298 Å². The number of likely N-dealkylation sites (tertiary alicyclic amines) is 4. The first-order chi connectivity index (χ1) is 55.6. The van der Waals surface area contributed by atoms with E-state index in [1.807, 2.05) is 0 Å². The van der Waals surface area contributed by atoms with E-state index in [1.165, 1.54) is 48.5 Å². The van der Waals surface area contributed by atoms with Crippen LogP contribution in [0.3, 0.4) is 0 Å². The molecule has 4 heterocycles. The maximum atomic E-state index is 14.5. The lowest BCUT2D eigenvalue weighted by atomic mass is 10.0. The van der Waals surface area contributed by atoms with E-state index in [4.69, 9.17) is 17.2 Å². The number of carboxylic acid groups (broad SMARTS) is 4. The van der Waals surface area contributed by atoms with E-state index in [-0.39, 0.29) is 107 Å². The van der Waals surface area contributed by atoms with Crippen LogP contribution in [0.2, 0.25) is 0 Å². The highest BCUT2D eigenvalue weighted by Crippen LogP contribution is 2.28. The Balaban J connectivity index is 1.09. The van der Waals surface area contributed by atoms with E-state index in [0.29, 0.717) is 12.0 Å². The summed E-state index contributed by atoms with van der Waals surface area (Å²) < 4.78 is 0. The maximum Gasteiger partial charge on any atom is 0.328 e. The first-order valence-electron chi connectivity index (χ1n) is 38.3. The molecule has 0 unspecified atom stereocenters. The Kier molecular flexibility index (Phi) is 35.5. The van der Waals surface area contributed by atoms with Crippen molar-refractivity contribution in [3.63, 3.8) is 0 Å². The number of primary amides is 2. The molecule has 646 valence electrons. The SMILES string of the molecule is CC(C)C[C@H](NC(=O)[C@@H](N)Cc1ccc(O)cc1)C(=O)N[C@@H](CC(N)=O)C(=O)NCC(=O)N[C@@H](Cc1ccc(O)cc1)C(=O)N[C@@H](CC(N)=O)C(=O)N[C@@H](CCC(=O)O)C(=O)N1CCC[C@H]1C(=O)NCC(=O)N1CCC[C@H]1C(=O)N[C@@H](CC(=O)O)C(=O)N[C@@H](CCC(=O)O)C(=O)N1CCC[C@H]1C(=O)N1CCC[C@H]1C(=O)N[C@H](C(=O)O)[C@@H](C)O. The summed E-state index contributed by atoms with van der Waals surface area (Å²) in [5, 5.41) is 91.8. The van der Waals surface area contributed by atoms with Gasteiger partial charge in [-0.25, -0.2) is 4.79 Å². The first-order valence-corrected chi connectivity index (χ1v) is 38.3. The fraction of sp³-hybridized carbons (Fsp3) is 0.568. The third-order valence-electron chi connectivity index (χ3n) is 20.0. The molecular weight excluding hydrogens is 1560 g/mol. The summed E-state index contributed by atoms with van der Waals surface area (Å²) in [6, 6.07) is -9.59. The molecule has 118 heavy (non-hydrogen) atoms. The Morgan fingerprint density at radius 1 is 0.424 bits per heavy atom. The molecular formula is C74H103N17O27. The van der Waals surface area contributed by atoms with Gasteiger partial charge in [-0.05, 0) is 125 Å². The number of nitrogens with zero attached hydrogens (tertiary/aromatic N) is 4. The third kappa shape index (κ3) is 28.4. The van der Waals surface area contributed by atoms with E-state index in [9.17, 15) is 132 Å². The third-order valence-corrected chi connectivity index (χ3v) is 20.0. The number of aliphatic hydroxyl groups is 1. The number of benzene rings is 2. The zero-order chi connectivity index (χ0) is 87.5. The molecule has 0 spiro atoms. The molecule has 44 heteroatoms. The summed E-state index contributed by atoms with van der Waals surface area (Å²) in [6.07, 6.45) is -6.93. The van der Waals surface area contributed by atoms with Crippen molar-refractivity contribution in [2.75, 3.05) is 39.3 Å². The molecule has 0 saturated carbocycles. The number of aromatic hydroxyl groups is 2. The summed E-state index contributed by atoms with van der Waals surface area (Å²) in [4.78, 5) is 273. The van der Waals surface area contributed by atoms with Gasteiger partial charge in [0, 0.05) is 45.4 Å². The van der Waals surface area contributed by atoms with Gasteiger partial charge in [0.25, 0.3) is 0 Å². The Bertz CT molecular complexity index is 4070. The van der Waals surface area contributed by atoms with Crippen LogP contribution >= 0.6 is 0 Å². The minimum absolute atomic E-state index is 0.000602. The van der Waals surface area contributed by atoms with E-state index in [2.05, 4.69) is 53.2 Å². The number of amides is 16. The van der Waals surface area contributed by atoms with Gasteiger partial charge in [0.05, 0.1) is 44.5 Å². The number of aliphatic hydroxyl groups excluding tert-OH is 1. The maximum absolute atomic E-state index is 14.5. The van der Waals surface area contributed by atoms with Crippen LogP contribution in [0.25, 0.3) is 0 Å². The number of hydrogen-bond acceptors (Lipinski definition) is 24. The molecule has 6 rings (SSSR count). The van der Waals surface area contributed by atoms with Crippen LogP contribution < -0.4 is 70.4 Å². The average Bonchev–Trinajstić information content (AvgIpc) is 1.51. The van der Waals surface area contributed by atoms with Crippen molar-refractivity contribution in [1.29, 1.82) is 0 Å². The molecule has 14 atom stereocenters. The number of carbonyl (C=O) groups excluding carboxylic acids is 16. The molecule has 2 aromatic rings. The van der Waals surface area contributed by atoms with Gasteiger partial charge in [-0.3, -0.25) is 91.1 Å². The van der Waals surface area contributed by atoms with E-state index in [1.54, 1.807) is 13.8 Å². The average molecular weight is 1660 g/mol. The van der Waals surface area contributed by atoms with Gasteiger partial charge in [-0.15, -0.1) is 0 Å². The second-order valence-electron chi connectivity index (χ2n) is 29.6. The number of nitrogens with two attached hydrogens (primary N) is 3. The number of carboxylic acids is 4. The van der Waals surface area contributed by atoms with E-state index < -0.39 is 267 Å². The summed E-state index contributed by atoms with van der Waals surface area (Å²) >= 11 is 0. The Labute approximate surface area is 674 Å². The first kappa shape index (κ1) is 94.2. The Morgan fingerprint density at radius 3 is 1.31 bits per heavy atom. The van der Waals surface area contributed by atoms with Gasteiger partial charge in [-0.2, -0.15) is 0 Å². The highest BCUT2D eigenvalue weighted by Gasteiger charge is 2.47. The van der Waals surface area contributed by atoms with Crippen molar-refractivity contribution < 1.29 is 132 Å². The lowest BCUT2D eigenvalue weighted by Crippen LogP contribution is -2.60.